The first-order valence-corrected chi connectivity index (χ1v) is 8.97. The Balaban J connectivity index is 0.00000243. The fraction of sp³-hybridized carbons (Fsp3) is 0.421. The van der Waals surface area contributed by atoms with Crippen molar-refractivity contribution in [2.75, 3.05) is 44.2 Å². The molecule has 1 aromatic heterocycles. The van der Waals surface area contributed by atoms with Gasteiger partial charge in [-0.1, -0.05) is 29.8 Å². The van der Waals surface area contributed by atoms with Gasteiger partial charge in [0.25, 0.3) is 0 Å². The molecule has 1 aliphatic heterocycles. The number of aromatic nitrogens is 1. The Morgan fingerprint density at radius 2 is 1.81 bits per heavy atom. The monoisotopic (exact) mass is 396 g/mol. The van der Waals surface area contributed by atoms with Crippen LogP contribution < -0.4 is 17.3 Å². The molecule has 1 fully saturated rings. The number of benzene rings is 1. The lowest BCUT2D eigenvalue weighted by molar-refractivity contribution is -0.0000109. The van der Waals surface area contributed by atoms with Crippen molar-refractivity contribution in [3.05, 3.63) is 59.2 Å². The average molecular weight is 397 g/mol. The lowest BCUT2D eigenvalue weighted by Crippen LogP contribution is -3.00. The van der Waals surface area contributed by atoms with Crippen LogP contribution in [0.15, 0.2) is 48.7 Å². The molecule has 0 spiro atoms. The Morgan fingerprint density at radius 1 is 1.08 bits per heavy atom. The summed E-state index contributed by atoms with van der Waals surface area (Å²) in [7, 11) is 0. The van der Waals surface area contributed by atoms with E-state index < -0.39 is 6.10 Å². The average Bonchev–Trinajstić information content (AvgIpc) is 2.65. The molecule has 0 amide bonds. The first kappa shape index (κ1) is 20.9. The van der Waals surface area contributed by atoms with Crippen LogP contribution in [0.25, 0.3) is 0 Å². The molecule has 1 aromatic carbocycles. The molecule has 26 heavy (non-hydrogen) atoms. The molecule has 2 aromatic rings. The van der Waals surface area contributed by atoms with Gasteiger partial charge in [-0.3, -0.25) is 4.90 Å². The van der Waals surface area contributed by atoms with Gasteiger partial charge in [0, 0.05) is 43.9 Å². The molecule has 1 N–H and O–H groups in total. The van der Waals surface area contributed by atoms with Crippen molar-refractivity contribution in [1.82, 2.24) is 9.88 Å². The number of aliphatic hydroxyl groups excluding tert-OH is 1. The molecule has 142 valence electrons. The van der Waals surface area contributed by atoms with E-state index in [1.54, 1.807) is 0 Å². The number of β-amino-alcohol motifs (C(OH)–C–C–N with tert-alkyl or cyclic N) is 1. The van der Waals surface area contributed by atoms with Crippen LogP contribution in [0.3, 0.4) is 0 Å². The fourth-order valence-corrected chi connectivity index (χ4v) is 3.07. The number of nitrogens with zero attached hydrogens (tertiary/aromatic N) is 3. The minimum absolute atomic E-state index is 0. The van der Waals surface area contributed by atoms with Crippen molar-refractivity contribution in [2.24, 2.45) is 0 Å². The molecule has 7 heteroatoms. The van der Waals surface area contributed by atoms with E-state index in [4.69, 9.17) is 16.3 Å². The smallest absolute Gasteiger partial charge is 0.128 e. The van der Waals surface area contributed by atoms with E-state index in [2.05, 4.69) is 14.8 Å². The minimum Gasteiger partial charge on any atom is -1.00 e. The summed E-state index contributed by atoms with van der Waals surface area (Å²) in [6, 6.07) is 13.5. The third kappa shape index (κ3) is 6.41. The Labute approximate surface area is 166 Å². The summed E-state index contributed by atoms with van der Waals surface area (Å²) in [5.74, 6) is 1.02. The predicted octanol–water partition coefficient (Wildman–Crippen LogP) is -0.561. The topological polar surface area (TPSA) is 48.8 Å². The molecule has 0 bridgehead atoms. The van der Waals surface area contributed by atoms with Gasteiger partial charge in [-0.05, 0) is 29.8 Å². The van der Waals surface area contributed by atoms with Gasteiger partial charge in [0.1, 0.15) is 5.82 Å². The second-order valence-electron chi connectivity index (χ2n) is 6.27. The summed E-state index contributed by atoms with van der Waals surface area (Å²) in [5, 5.41) is 10.9. The predicted molar refractivity (Wildman–Crippen MR) is 100 cm³/mol. The summed E-state index contributed by atoms with van der Waals surface area (Å²) in [4.78, 5) is 8.94. The summed E-state index contributed by atoms with van der Waals surface area (Å²) in [5.41, 5.74) is 1.06. The van der Waals surface area contributed by atoms with Gasteiger partial charge in [-0.15, -0.1) is 0 Å². The largest absolute Gasteiger partial charge is 1.00 e. The van der Waals surface area contributed by atoms with Crippen LogP contribution >= 0.6 is 11.6 Å². The highest BCUT2D eigenvalue weighted by Crippen LogP contribution is 2.13. The maximum atomic E-state index is 10.2. The van der Waals surface area contributed by atoms with Gasteiger partial charge in [0.15, 0.2) is 0 Å². The number of hydrogen-bond donors (Lipinski definition) is 1. The number of aliphatic hydroxyl groups is 1. The van der Waals surface area contributed by atoms with E-state index in [1.165, 1.54) is 0 Å². The Bertz CT molecular complexity index is 635. The third-order valence-electron chi connectivity index (χ3n) is 4.31. The van der Waals surface area contributed by atoms with Crippen LogP contribution in [0, 0.1) is 0 Å². The number of anilines is 1. The van der Waals surface area contributed by atoms with Crippen LogP contribution in [-0.2, 0) is 11.3 Å². The normalized spacial score (nSPS) is 16.2. The number of piperazine rings is 1. The number of pyridine rings is 1. The summed E-state index contributed by atoms with van der Waals surface area (Å²) in [6.45, 7) is 5.15. The lowest BCUT2D eigenvalue weighted by atomic mass is 10.2. The van der Waals surface area contributed by atoms with E-state index in [-0.39, 0.29) is 12.4 Å². The second-order valence-corrected chi connectivity index (χ2v) is 6.71. The molecular formula is C19H24Cl2N3O2-. The molecule has 5 nitrogen and oxygen atoms in total. The summed E-state index contributed by atoms with van der Waals surface area (Å²) >= 11 is 5.86. The van der Waals surface area contributed by atoms with Crippen molar-refractivity contribution in [3.8, 4) is 0 Å². The van der Waals surface area contributed by atoms with Gasteiger partial charge in [-0.25, -0.2) is 4.98 Å². The highest BCUT2D eigenvalue weighted by Gasteiger charge is 2.20. The number of halogens is 2. The molecule has 2 heterocycles. The maximum Gasteiger partial charge on any atom is 0.128 e. The zero-order valence-corrected chi connectivity index (χ0v) is 16.1. The van der Waals surface area contributed by atoms with E-state index in [0.717, 1.165) is 37.6 Å². The van der Waals surface area contributed by atoms with Crippen LogP contribution in [0.4, 0.5) is 5.82 Å². The van der Waals surface area contributed by atoms with E-state index >= 15 is 0 Å². The Morgan fingerprint density at radius 3 is 2.46 bits per heavy atom. The van der Waals surface area contributed by atoms with Crippen LogP contribution in [0.1, 0.15) is 5.56 Å². The zero-order chi connectivity index (χ0) is 17.5. The van der Waals surface area contributed by atoms with E-state index in [1.807, 2.05) is 48.7 Å². The van der Waals surface area contributed by atoms with Crippen molar-refractivity contribution in [2.45, 2.75) is 12.7 Å². The number of rotatable bonds is 7. The van der Waals surface area contributed by atoms with E-state index in [9.17, 15) is 5.11 Å². The standard InChI is InChI=1S/C19H24ClN3O2.ClH/c20-17-6-4-16(5-7-17)14-25-15-18(24)13-22-9-11-23(12-10-22)19-3-1-2-8-21-19;/h1-8,18,24H,9-15H2;1H/p-1. The Kier molecular flexibility index (Phi) is 8.62. The maximum absolute atomic E-state index is 10.2. The van der Waals surface area contributed by atoms with Crippen molar-refractivity contribution in [1.29, 1.82) is 0 Å². The van der Waals surface area contributed by atoms with Gasteiger partial charge < -0.3 is 27.2 Å². The summed E-state index contributed by atoms with van der Waals surface area (Å²) < 4.78 is 5.61. The highest BCUT2D eigenvalue weighted by atomic mass is 35.5. The van der Waals surface area contributed by atoms with Crippen molar-refractivity contribution >= 4 is 17.4 Å². The highest BCUT2D eigenvalue weighted by molar-refractivity contribution is 6.30. The van der Waals surface area contributed by atoms with Crippen molar-refractivity contribution < 1.29 is 22.3 Å². The SMILES string of the molecule is OC(COCc1ccc(Cl)cc1)CN1CCN(c2ccccn2)CC1.[Cl-]. The molecule has 3 rings (SSSR count). The molecule has 0 saturated carbocycles. The molecule has 1 atom stereocenters. The fourth-order valence-electron chi connectivity index (χ4n) is 2.94. The Hall–Kier alpha value is -1.37. The minimum atomic E-state index is -0.478. The first-order chi connectivity index (χ1) is 12.2. The van der Waals surface area contributed by atoms with E-state index in [0.29, 0.717) is 24.8 Å². The van der Waals surface area contributed by atoms with Crippen LogP contribution in [0.2, 0.25) is 5.02 Å². The number of ether oxygens (including phenoxy) is 1. The molecule has 1 aliphatic rings. The molecule has 0 radical (unpaired) electrons. The molecule has 0 aliphatic carbocycles. The van der Waals surface area contributed by atoms with Crippen LogP contribution in [-0.4, -0.2) is 60.4 Å². The lowest BCUT2D eigenvalue weighted by Gasteiger charge is -2.36. The first-order valence-electron chi connectivity index (χ1n) is 8.59. The van der Waals surface area contributed by atoms with Gasteiger partial charge in [-0.2, -0.15) is 0 Å². The quantitative estimate of drug-likeness (QED) is 0.679. The molecule has 1 saturated heterocycles. The van der Waals surface area contributed by atoms with Gasteiger partial charge in [0.05, 0.1) is 19.3 Å². The second kappa shape index (κ2) is 10.7. The molecule has 1 unspecified atom stereocenters. The zero-order valence-electron chi connectivity index (χ0n) is 14.6. The van der Waals surface area contributed by atoms with Crippen LogP contribution in [0.5, 0.6) is 0 Å². The summed E-state index contributed by atoms with van der Waals surface area (Å²) in [6.07, 6.45) is 1.34. The number of hydrogen-bond acceptors (Lipinski definition) is 5. The molecular weight excluding hydrogens is 373 g/mol. The van der Waals surface area contributed by atoms with Gasteiger partial charge in [0.2, 0.25) is 0 Å². The third-order valence-corrected chi connectivity index (χ3v) is 4.56. The van der Waals surface area contributed by atoms with Crippen molar-refractivity contribution in [3.63, 3.8) is 0 Å². The van der Waals surface area contributed by atoms with Gasteiger partial charge >= 0.3 is 0 Å².